The van der Waals surface area contributed by atoms with Crippen molar-refractivity contribution in [1.29, 1.82) is 0 Å². The van der Waals surface area contributed by atoms with Crippen molar-refractivity contribution in [3.63, 3.8) is 0 Å². The first kappa shape index (κ1) is 19.4. The van der Waals surface area contributed by atoms with Crippen molar-refractivity contribution in [3.05, 3.63) is 68.1 Å². The average molecular weight is 409 g/mol. The van der Waals surface area contributed by atoms with E-state index in [1.54, 1.807) is 36.9 Å². The second kappa shape index (κ2) is 7.14. The van der Waals surface area contributed by atoms with Crippen molar-refractivity contribution in [1.82, 2.24) is 24.0 Å². The van der Waals surface area contributed by atoms with Crippen molar-refractivity contribution in [2.45, 2.75) is 6.54 Å². The maximum Gasteiger partial charge on any atom is 0.337 e. The van der Waals surface area contributed by atoms with E-state index < -0.39 is 17.2 Å². The number of methoxy groups -OCH3 is 1. The largest absolute Gasteiger partial charge is 0.465 e. The highest BCUT2D eigenvalue weighted by molar-refractivity contribution is 6.04. The molecule has 0 saturated carbocycles. The third-order valence-corrected chi connectivity index (χ3v) is 5.19. The predicted octanol–water partition coefficient (Wildman–Crippen LogP) is 0.0473. The van der Waals surface area contributed by atoms with E-state index in [4.69, 9.17) is 4.74 Å². The Morgan fingerprint density at radius 3 is 2.73 bits per heavy atom. The SMILES string of the molecule is COC(=O)c1ccc2c(c1)/C(=C/Cn1c(=O)c3c(ncn3C)n(C)c1=O)CNC2=O. The molecule has 1 aromatic carbocycles. The lowest BCUT2D eigenvalue weighted by Crippen LogP contribution is -2.39. The summed E-state index contributed by atoms with van der Waals surface area (Å²) in [6, 6.07) is 4.65. The van der Waals surface area contributed by atoms with Gasteiger partial charge in [-0.1, -0.05) is 6.08 Å². The molecule has 10 nitrogen and oxygen atoms in total. The zero-order valence-corrected chi connectivity index (χ0v) is 16.6. The van der Waals surface area contributed by atoms with Crippen LogP contribution >= 0.6 is 0 Å². The van der Waals surface area contributed by atoms with Crippen molar-refractivity contribution < 1.29 is 14.3 Å². The first-order valence-corrected chi connectivity index (χ1v) is 9.14. The molecule has 0 bridgehead atoms. The highest BCUT2D eigenvalue weighted by atomic mass is 16.5. The molecule has 3 heterocycles. The molecular formula is C20H19N5O5. The van der Waals surface area contributed by atoms with Gasteiger partial charge in [0.15, 0.2) is 11.2 Å². The Morgan fingerprint density at radius 2 is 2.00 bits per heavy atom. The van der Waals surface area contributed by atoms with Gasteiger partial charge in [0, 0.05) is 32.7 Å². The van der Waals surface area contributed by atoms with Crippen LogP contribution in [0.3, 0.4) is 0 Å². The van der Waals surface area contributed by atoms with Crippen LogP contribution < -0.4 is 16.6 Å². The smallest absolute Gasteiger partial charge is 0.337 e. The molecule has 0 atom stereocenters. The maximum absolute atomic E-state index is 12.9. The minimum atomic E-state index is -0.519. The molecule has 0 saturated heterocycles. The Bertz CT molecular complexity index is 1360. The van der Waals surface area contributed by atoms with E-state index in [0.29, 0.717) is 33.4 Å². The van der Waals surface area contributed by atoms with Gasteiger partial charge in [0.2, 0.25) is 0 Å². The van der Waals surface area contributed by atoms with Gasteiger partial charge in [-0.3, -0.25) is 18.7 Å². The first-order chi connectivity index (χ1) is 14.3. The molecule has 0 spiro atoms. The summed E-state index contributed by atoms with van der Waals surface area (Å²) >= 11 is 0. The molecule has 0 fully saturated rings. The lowest BCUT2D eigenvalue weighted by Gasteiger charge is -2.20. The number of nitrogens with zero attached hydrogens (tertiary/aromatic N) is 4. The zero-order valence-electron chi connectivity index (χ0n) is 16.6. The molecule has 0 unspecified atom stereocenters. The first-order valence-electron chi connectivity index (χ1n) is 9.14. The Hall–Kier alpha value is -3.95. The van der Waals surface area contributed by atoms with Crippen LogP contribution in [0.25, 0.3) is 16.7 Å². The number of allylic oxidation sites excluding steroid dienone is 1. The number of carbonyl (C=O) groups is 2. The zero-order chi connectivity index (χ0) is 21.6. The van der Waals surface area contributed by atoms with Crippen LogP contribution in [0.15, 0.2) is 40.2 Å². The number of esters is 1. The second-order valence-corrected chi connectivity index (χ2v) is 6.95. The molecule has 154 valence electrons. The van der Waals surface area contributed by atoms with Crippen molar-refractivity contribution >= 4 is 28.6 Å². The number of aromatic nitrogens is 4. The highest BCUT2D eigenvalue weighted by Gasteiger charge is 2.22. The summed E-state index contributed by atoms with van der Waals surface area (Å²) in [6.07, 6.45) is 3.18. The molecule has 1 aliphatic heterocycles. The van der Waals surface area contributed by atoms with Gasteiger partial charge in [0.05, 0.1) is 19.0 Å². The van der Waals surface area contributed by atoms with Crippen LogP contribution in [-0.4, -0.2) is 44.2 Å². The molecular weight excluding hydrogens is 390 g/mol. The van der Waals surface area contributed by atoms with E-state index >= 15 is 0 Å². The van der Waals surface area contributed by atoms with Gasteiger partial charge >= 0.3 is 11.7 Å². The van der Waals surface area contributed by atoms with E-state index in [-0.39, 0.29) is 19.0 Å². The van der Waals surface area contributed by atoms with Crippen molar-refractivity contribution in [2.24, 2.45) is 14.1 Å². The highest BCUT2D eigenvalue weighted by Crippen LogP contribution is 2.25. The van der Waals surface area contributed by atoms with Crippen molar-refractivity contribution in [2.75, 3.05) is 13.7 Å². The van der Waals surface area contributed by atoms with Crippen LogP contribution in [0.1, 0.15) is 26.3 Å². The Labute approximate surface area is 170 Å². The number of hydrogen-bond donors (Lipinski definition) is 1. The predicted molar refractivity (Wildman–Crippen MR) is 108 cm³/mol. The Morgan fingerprint density at radius 1 is 1.23 bits per heavy atom. The van der Waals surface area contributed by atoms with Crippen LogP contribution in [0, 0.1) is 0 Å². The van der Waals surface area contributed by atoms with Gasteiger partial charge in [-0.2, -0.15) is 0 Å². The van der Waals surface area contributed by atoms with Gasteiger partial charge < -0.3 is 14.6 Å². The minimum Gasteiger partial charge on any atom is -0.465 e. The number of amides is 1. The molecule has 2 aromatic heterocycles. The third-order valence-electron chi connectivity index (χ3n) is 5.19. The summed E-state index contributed by atoms with van der Waals surface area (Å²) in [5, 5.41) is 2.75. The number of carbonyl (C=O) groups excluding carboxylic acids is 2. The van der Waals surface area contributed by atoms with Crippen molar-refractivity contribution in [3.8, 4) is 0 Å². The topological polar surface area (TPSA) is 117 Å². The summed E-state index contributed by atoms with van der Waals surface area (Å²) in [4.78, 5) is 53.7. The van der Waals surface area contributed by atoms with Gasteiger partial charge in [0.1, 0.15) is 0 Å². The summed E-state index contributed by atoms with van der Waals surface area (Å²) in [7, 11) is 4.52. The van der Waals surface area contributed by atoms with Crippen LogP contribution in [0.4, 0.5) is 0 Å². The number of benzene rings is 1. The number of aryl methyl sites for hydroxylation is 2. The van der Waals surface area contributed by atoms with E-state index in [1.165, 1.54) is 24.1 Å². The molecule has 10 heteroatoms. The number of nitrogens with one attached hydrogen (secondary N) is 1. The van der Waals surface area contributed by atoms with Gasteiger partial charge in [-0.25, -0.2) is 14.6 Å². The molecule has 3 aromatic rings. The van der Waals surface area contributed by atoms with E-state index in [2.05, 4.69) is 10.3 Å². The number of fused-ring (bicyclic) bond motifs is 2. The summed E-state index contributed by atoms with van der Waals surface area (Å²) in [6.45, 7) is 0.208. The van der Waals surface area contributed by atoms with Crippen LogP contribution in [0.2, 0.25) is 0 Å². The van der Waals surface area contributed by atoms with Gasteiger partial charge in [-0.15, -0.1) is 0 Å². The molecule has 1 N–H and O–H groups in total. The normalized spacial score (nSPS) is 14.6. The van der Waals surface area contributed by atoms with Gasteiger partial charge in [-0.05, 0) is 29.3 Å². The number of hydrogen-bond acceptors (Lipinski definition) is 6. The quantitative estimate of drug-likeness (QED) is 0.611. The lowest BCUT2D eigenvalue weighted by atomic mass is 9.93. The summed E-state index contributed by atoms with van der Waals surface area (Å²) in [5.41, 5.74) is 1.65. The summed E-state index contributed by atoms with van der Waals surface area (Å²) < 4.78 is 8.75. The summed E-state index contributed by atoms with van der Waals surface area (Å²) in [5.74, 6) is -0.780. The molecule has 1 aliphatic rings. The monoisotopic (exact) mass is 409 g/mol. The third kappa shape index (κ3) is 2.93. The van der Waals surface area contributed by atoms with E-state index in [0.717, 1.165) is 4.57 Å². The molecule has 0 aliphatic carbocycles. The van der Waals surface area contributed by atoms with E-state index in [1.807, 2.05) is 0 Å². The fourth-order valence-electron chi connectivity index (χ4n) is 3.56. The molecule has 0 radical (unpaired) electrons. The van der Waals surface area contributed by atoms with E-state index in [9.17, 15) is 19.2 Å². The standard InChI is InChI=1S/C20H19N5O5/c1-23-10-22-16-15(23)18(27)25(20(29)24(16)2)7-6-12-9-21-17(26)13-5-4-11(8-14(12)13)19(28)30-3/h4-6,8,10H,7,9H2,1-3H3,(H,21,26)/b12-6+. The maximum atomic E-state index is 12.9. The molecule has 30 heavy (non-hydrogen) atoms. The molecule has 1 amide bonds. The molecule has 4 rings (SSSR count). The number of imidazole rings is 1. The fourth-order valence-corrected chi connectivity index (χ4v) is 3.56. The number of rotatable bonds is 3. The number of ether oxygens (including phenoxy) is 1. The van der Waals surface area contributed by atoms with Crippen LogP contribution in [0.5, 0.6) is 0 Å². The Balaban J connectivity index is 1.82. The minimum absolute atomic E-state index is 0.000275. The Kier molecular flexibility index (Phi) is 4.61. The second-order valence-electron chi connectivity index (χ2n) is 6.95. The lowest BCUT2D eigenvalue weighted by molar-refractivity contribution is 0.0600. The average Bonchev–Trinajstić information content (AvgIpc) is 3.14. The fraction of sp³-hybridized carbons (Fsp3) is 0.250. The van der Waals surface area contributed by atoms with Gasteiger partial charge in [0.25, 0.3) is 11.5 Å². The van der Waals surface area contributed by atoms with Crippen LogP contribution in [-0.2, 0) is 25.4 Å².